The maximum absolute atomic E-state index is 11.1. The number of hydrogen-bond acceptors (Lipinski definition) is 2. The number of aromatic carboxylic acids is 1. The molecule has 2 aromatic carbocycles. The summed E-state index contributed by atoms with van der Waals surface area (Å²) >= 11 is 9.48. The minimum Gasteiger partial charge on any atom is -0.478 e. The van der Waals surface area contributed by atoms with Gasteiger partial charge in [0.25, 0.3) is 0 Å². The third-order valence-electron chi connectivity index (χ3n) is 2.96. The van der Waals surface area contributed by atoms with Gasteiger partial charge < -0.3 is 5.11 Å². The highest BCUT2D eigenvalue weighted by Crippen LogP contribution is 2.28. The van der Waals surface area contributed by atoms with Gasteiger partial charge in [-0.15, -0.1) is 0 Å². The van der Waals surface area contributed by atoms with Crippen LogP contribution in [0.4, 0.5) is 0 Å². The standard InChI is InChI=1S/C14H8BrClN2O2/c15-10-3-2-9(16)6-12(10)18-7-17-11-4-1-8(14(19)20)5-13(11)18/h1-7H,(H,19,20). The first-order chi connectivity index (χ1) is 9.56. The number of fused-ring (bicyclic) bond motifs is 1. The van der Waals surface area contributed by atoms with Crippen LogP contribution in [0.15, 0.2) is 47.2 Å². The van der Waals surface area contributed by atoms with E-state index in [2.05, 4.69) is 20.9 Å². The summed E-state index contributed by atoms with van der Waals surface area (Å²) in [4.78, 5) is 15.3. The lowest BCUT2D eigenvalue weighted by Crippen LogP contribution is -1.98. The SMILES string of the molecule is O=C(O)c1ccc2ncn(-c3cc(Cl)ccc3Br)c2c1. The van der Waals surface area contributed by atoms with Crippen LogP contribution in [-0.4, -0.2) is 20.6 Å². The van der Waals surface area contributed by atoms with Gasteiger partial charge in [0.05, 0.1) is 22.3 Å². The Kier molecular flexibility index (Phi) is 3.23. The van der Waals surface area contributed by atoms with E-state index in [4.69, 9.17) is 16.7 Å². The molecule has 0 aliphatic carbocycles. The van der Waals surface area contributed by atoms with Gasteiger partial charge in [0.2, 0.25) is 0 Å². The van der Waals surface area contributed by atoms with E-state index in [1.807, 2.05) is 6.07 Å². The molecule has 0 fully saturated rings. The van der Waals surface area contributed by atoms with Crippen molar-refractivity contribution in [1.82, 2.24) is 9.55 Å². The fourth-order valence-corrected chi connectivity index (χ4v) is 2.61. The van der Waals surface area contributed by atoms with Gasteiger partial charge >= 0.3 is 5.97 Å². The lowest BCUT2D eigenvalue weighted by molar-refractivity contribution is 0.0697. The van der Waals surface area contributed by atoms with Gasteiger partial charge in [-0.05, 0) is 52.3 Å². The van der Waals surface area contributed by atoms with E-state index in [0.29, 0.717) is 10.5 Å². The van der Waals surface area contributed by atoms with Crippen LogP contribution in [0.2, 0.25) is 5.02 Å². The first-order valence-corrected chi connectivity index (χ1v) is 6.89. The van der Waals surface area contributed by atoms with Crippen LogP contribution in [0.3, 0.4) is 0 Å². The van der Waals surface area contributed by atoms with Gasteiger partial charge in [-0.25, -0.2) is 9.78 Å². The van der Waals surface area contributed by atoms with Crippen molar-refractivity contribution < 1.29 is 9.90 Å². The second-order valence-electron chi connectivity index (χ2n) is 4.22. The lowest BCUT2D eigenvalue weighted by Gasteiger charge is -2.08. The number of rotatable bonds is 2. The molecule has 0 saturated heterocycles. The molecule has 0 amide bonds. The summed E-state index contributed by atoms with van der Waals surface area (Å²) < 4.78 is 2.65. The molecule has 0 atom stereocenters. The summed E-state index contributed by atoms with van der Waals surface area (Å²) in [7, 11) is 0. The average molecular weight is 352 g/mol. The highest BCUT2D eigenvalue weighted by Gasteiger charge is 2.11. The molecule has 100 valence electrons. The van der Waals surface area contributed by atoms with Gasteiger partial charge in [0, 0.05) is 9.50 Å². The number of carboxylic acids is 1. The predicted molar refractivity (Wildman–Crippen MR) is 80.7 cm³/mol. The molecule has 0 aliphatic heterocycles. The normalized spacial score (nSPS) is 10.9. The summed E-state index contributed by atoms with van der Waals surface area (Å²) in [5, 5.41) is 9.68. The number of imidazole rings is 1. The Bertz CT molecular complexity index is 829. The van der Waals surface area contributed by atoms with E-state index < -0.39 is 5.97 Å². The summed E-state index contributed by atoms with van der Waals surface area (Å²) in [5.41, 5.74) is 2.47. The Hall–Kier alpha value is -1.85. The van der Waals surface area contributed by atoms with Crippen molar-refractivity contribution in [3.63, 3.8) is 0 Å². The Balaban J connectivity index is 2.28. The molecule has 1 aromatic heterocycles. The van der Waals surface area contributed by atoms with Crippen molar-refractivity contribution in [1.29, 1.82) is 0 Å². The van der Waals surface area contributed by atoms with Crippen LogP contribution in [0.5, 0.6) is 0 Å². The molecule has 20 heavy (non-hydrogen) atoms. The van der Waals surface area contributed by atoms with Crippen LogP contribution in [0.25, 0.3) is 16.7 Å². The number of aromatic nitrogens is 2. The summed E-state index contributed by atoms with van der Waals surface area (Å²) in [6.45, 7) is 0. The maximum Gasteiger partial charge on any atom is 0.335 e. The van der Waals surface area contributed by atoms with E-state index in [1.54, 1.807) is 35.2 Å². The van der Waals surface area contributed by atoms with E-state index in [9.17, 15) is 4.79 Å². The molecule has 0 spiro atoms. The fourth-order valence-electron chi connectivity index (χ4n) is 2.00. The zero-order valence-corrected chi connectivity index (χ0v) is 12.4. The zero-order valence-electron chi connectivity index (χ0n) is 10.0. The van der Waals surface area contributed by atoms with E-state index in [0.717, 1.165) is 15.7 Å². The number of carboxylic acid groups (broad SMARTS) is 1. The number of benzene rings is 2. The van der Waals surface area contributed by atoms with Gasteiger partial charge in [-0.3, -0.25) is 4.57 Å². The predicted octanol–water partition coefficient (Wildman–Crippen LogP) is 4.14. The van der Waals surface area contributed by atoms with Gasteiger partial charge in [-0.1, -0.05) is 11.6 Å². The van der Waals surface area contributed by atoms with Crippen LogP contribution in [-0.2, 0) is 0 Å². The van der Waals surface area contributed by atoms with Crippen molar-refractivity contribution in [3.05, 3.63) is 57.8 Å². The number of nitrogens with zero attached hydrogens (tertiary/aromatic N) is 2. The molecule has 1 N–H and O–H groups in total. The Morgan fingerprint density at radius 2 is 2.05 bits per heavy atom. The quantitative estimate of drug-likeness (QED) is 0.755. The summed E-state index contributed by atoms with van der Waals surface area (Å²) in [5.74, 6) is -0.968. The van der Waals surface area contributed by atoms with Gasteiger partial charge in [-0.2, -0.15) is 0 Å². The zero-order chi connectivity index (χ0) is 14.3. The summed E-state index contributed by atoms with van der Waals surface area (Å²) in [6.07, 6.45) is 1.65. The molecule has 0 bridgehead atoms. The topological polar surface area (TPSA) is 55.1 Å². The molecular formula is C14H8BrClN2O2. The Labute approximate surface area is 127 Å². The van der Waals surface area contributed by atoms with Crippen molar-refractivity contribution >= 4 is 44.5 Å². The Morgan fingerprint density at radius 1 is 1.25 bits per heavy atom. The van der Waals surface area contributed by atoms with Crippen LogP contribution < -0.4 is 0 Å². The molecule has 0 unspecified atom stereocenters. The van der Waals surface area contributed by atoms with Crippen molar-refractivity contribution in [3.8, 4) is 5.69 Å². The minimum atomic E-state index is -0.968. The van der Waals surface area contributed by atoms with Gasteiger partial charge in [0.15, 0.2) is 0 Å². The first-order valence-electron chi connectivity index (χ1n) is 5.72. The second-order valence-corrected chi connectivity index (χ2v) is 5.51. The third kappa shape index (κ3) is 2.19. The molecule has 1 heterocycles. The van der Waals surface area contributed by atoms with Crippen LogP contribution in [0, 0.1) is 0 Å². The summed E-state index contributed by atoms with van der Waals surface area (Å²) in [6, 6.07) is 10.2. The smallest absolute Gasteiger partial charge is 0.335 e. The third-order valence-corrected chi connectivity index (χ3v) is 3.87. The Morgan fingerprint density at radius 3 is 2.80 bits per heavy atom. The first kappa shape index (κ1) is 13.1. The van der Waals surface area contributed by atoms with Crippen LogP contribution >= 0.6 is 27.5 Å². The molecule has 0 aliphatic rings. The van der Waals surface area contributed by atoms with E-state index in [-0.39, 0.29) is 5.56 Å². The fraction of sp³-hybridized carbons (Fsp3) is 0. The highest BCUT2D eigenvalue weighted by molar-refractivity contribution is 9.10. The van der Waals surface area contributed by atoms with Crippen LogP contribution in [0.1, 0.15) is 10.4 Å². The van der Waals surface area contributed by atoms with E-state index >= 15 is 0 Å². The molecule has 6 heteroatoms. The van der Waals surface area contributed by atoms with Crippen molar-refractivity contribution in [2.24, 2.45) is 0 Å². The highest BCUT2D eigenvalue weighted by atomic mass is 79.9. The van der Waals surface area contributed by atoms with E-state index in [1.165, 1.54) is 6.07 Å². The average Bonchev–Trinajstić information content (AvgIpc) is 2.84. The molecule has 3 aromatic rings. The second kappa shape index (κ2) is 4.92. The molecular weight excluding hydrogens is 344 g/mol. The monoisotopic (exact) mass is 350 g/mol. The molecule has 3 rings (SSSR count). The molecule has 4 nitrogen and oxygen atoms in total. The van der Waals surface area contributed by atoms with Gasteiger partial charge in [0.1, 0.15) is 6.33 Å². The van der Waals surface area contributed by atoms with Crippen molar-refractivity contribution in [2.45, 2.75) is 0 Å². The number of halogens is 2. The molecule has 0 radical (unpaired) electrons. The lowest BCUT2D eigenvalue weighted by atomic mass is 10.2. The van der Waals surface area contributed by atoms with Crippen molar-refractivity contribution in [2.75, 3.05) is 0 Å². The number of hydrogen-bond donors (Lipinski definition) is 1. The molecule has 0 saturated carbocycles. The largest absolute Gasteiger partial charge is 0.478 e. The minimum absolute atomic E-state index is 0.220. The maximum atomic E-state index is 11.1. The number of carbonyl (C=O) groups is 1.